The largest absolute Gasteiger partial charge is 0.486 e. The molecular weight excluding hydrogens is 266 g/mol. The molecule has 1 aromatic carbocycles. The number of benzene rings is 1. The topological polar surface area (TPSA) is 66.8 Å². The molecular formula is C13H19NO4S. The SMILES string of the molecule is CC(C)(O)CC1CN(S(C)(=O)=O)c2ccccc2O1. The summed E-state index contributed by atoms with van der Waals surface area (Å²) in [6, 6.07) is 7.03. The van der Waals surface area contributed by atoms with E-state index in [0.29, 0.717) is 17.9 Å². The maximum atomic E-state index is 11.9. The average Bonchev–Trinajstić information content (AvgIpc) is 2.24. The van der Waals surface area contributed by atoms with E-state index in [2.05, 4.69) is 0 Å². The molecule has 1 unspecified atom stereocenters. The fraction of sp³-hybridized carbons (Fsp3) is 0.538. The smallest absolute Gasteiger partial charge is 0.232 e. The zero-order valence-corrected chi connectivity index (χ0v) is 12.1. The van der Waals surface area contributed by atoms with Crippen LogP contribution in [0.3, 0.4) is 0 Å². The van der Waals surface area contributed by atoms with Gasteiger partial charge in [0.15, 0.2) is 0 Å². The molecule has 1 N–H and O–H groups in total. The van der Waals surface area contributed by atoms with Gasteiger partial charge in [-0.25, -0.2) is 8.42 Å². The standard InChI is InChI=1S/C13H19NO4S/c1-13(2,15)8-10-9-14(19(3,16)17)11-6-4-5-7-12(11)18-10/h4-7,10,15H,8-9H2,1-3H3. The summed E-state index contributed by atoms with van der Waals surface area (Å²) in [5.74, 6) is 0.536. The van der Waals surface area contributed by atoms with Gasteiger partial charge >= 0.3 is 0 Å². The zero-order chi connectivity index (χ0) is 14.3. The fourth-order valence-electron chi connectivity index (χ4n) is 2.24. The molecule has 6 heteroatoms. The molecule has 19 heavy (non-hydrogen) atoms. The van der Waals surface area contributed by atoms with Crippen LogP contribution in [0.25, 0.3) is 0 Å². The Bertz CT molecular complexity index is 562. The highest BCUT2D eigenvalue weighted by atomic mass is 32.2. The Labute approximate surface area is 113 Å². The first-order chi connectivity index (χ1) is 8.67. The zero-order valence-electron chi connectivity index (χ0n) is 11.3. The minimum atomic E-state index is -3.36. The number of fused-ring (bicyclic) bond motifs is 1. The molecule has 1 aliphatic heterocycles. The molecule has 0 fully saturated rings. The van der Waals surface area contributed by atoms with Crippen molar-refractivity contribution in [3.05, 3.63) is 24.3 Å². The number of hydrogen-bond acceptors (Lipinski definition) is 4. The summed E-state index contributed by atoms with van der Waals surface area (Å²) in [6.07, 6.45) is 1.19. The number of hydrogen-bond donors (Lipinski definition) is 1. The molecule has 0 radical (unpaired) electrons. The molecule has 0 bridgehead atoms. The maximum Gasteiger partial charge on any atom is 0.232 e. The van der Waals surface area contributed by atoms with Gasteiger partial charge in [-0.05, 0) is 26.0 Å². The highest BCUT2D eigenvalue weighted by Crippen LogP contribution is 2.36. The van der Waals surface area contributed by atoms with Gasteiger partial charge in [-0.1, -0.05) is 12.1 Å². The number of ether oxygens (including phenoxy) is 1. The van der Waals surface area contributed by atoms with Crippen LogP contribution in [-0.4, -0.2) is 38.0 Å². The lowest BCUT2D eigenvalue weighted by molar-refractivity contribution is 0.0278. The van der Waals surface area contributed by atoms with Gasteiger partial charge in [-0.2, -0.15) is 0 Å². The Morgan fingerprint density at radius 2 is 2.05 bits per heavy atom. The summed E-state index contributed by atoms with van der Waals surface area (Å²) in [4.78, 5) is 0. The lowest BCUT2D eigenvalue weighted by Gasteiger charge is -2.36. The van der Waals surface area contributed by atoms with E-state index >= 15 is 0 Å². The Kier molecular flexibility index (Phi) is 3.49. The van der Waals surface area contributed by atoms with E-state index in [1.54, 1.807) is 38.1 Å². The van der Waals surface area contributed by atoms with Crippen LogP contribution in [0.4, 0.5) is 5.69 Å². The van der Waals surface area contributed by atoms with E-state index in [1.165, 1.54) is 10.6 Å². The molecule has 1 aromatic rings. The van der Waals surface area contributed by atoms with Crippen molar-refractivity contribution in [2.45, 2.75) is 32.0 Å². The van der Waals surface area contributed by atoms with Crippen molar-refractivity contribution in [2.75, 3.05) is 17.1 Å². The van der Waals surface area contributed by atoms with Crippen LogP contribution in [-0.2, 0) is 10.0 Å². The van der Waals surface area contributed by atoms with Crippen molar-refractivity contribution >= 4 is 15.7 Å². The van der Waals surface area contributed by atoms with Crippen LogP contribution < -0.4 is 9.04 Å². The molecule has 0 spiro atoms. The van der Waals surface area contributed by atoms with Crippen LogP contribution in [0.1, 0.15) is 20.3 Å². The summed E-state index contributed by atoms with van der Waals surface area (Å²) < 4.78 is 30.8. The molecule has 0 aliphatic carbocycles. The first kappa shape index (κ1) is 14.1. The molecule has 1 heterocycles. The number of anilines is 1. The van der Waals surface area contributed by atoms with Gasteiger partial charge in [-0.3, -0.25) is 4.31 Å². The van der Waals surface area contributed by atoms with Gasteiger partial charge in [0.2, 0.25) is 10.0 Å². The van der Waals surface area contributed by atoms with Gasteiger partial charge in [0.25, 0.3) is 0 Å². The summed E-state index contributed by atoms with van der Waals surface area (Å²) in [5, 5.41) is 9.86. The highest BCUT2D eigenvalue weighted by molar-refractivity contribution is 7.92. The van der Waals surface area contributed by atoms with E-state index in [0.717, 1.165) is 0 Å². The third-order valence-electron chi connectivity index (χ3n) is 2.92. The van der Waals surface area contributed by atoms with Crippen molar-refractivity contribution in [3.63, 3.8) is 0 Å². The monoisotopic (exact) mass is 285 g/mol. The Balaban J connectivity index is 2.35. The lowest BCUT2D eigenvalue weighted by Crippen LogP contribution is -2.45. The van der Waals surface area contributed by atoms with E-state index in [1.807, 2.05) is 0 Å². The third-order valence-corrected chi connectivity index (χ3v) is 4.07. The van der Waals surface area contributed by atoms with E-state index in [4.69, 9.17) is 4.74 Å². The van der Waals surface area contributed by atoms with Gasteiger partial charge in [0.1, 0.15) is 11.9 Å². The Morgan fingerprint density at radius 3 is 2.63 bits per heavy atom. The summed E-state index contributed by atoms with van der Waals surface area (Å²) in [5.41, 5.74) is -0.350. The average molecular weight is 285 g/mol. The number of sulfonamides is 1. The van der Waals surface area contributed by atoms with Crippen molar-refractivity contribution in [3.8, 4) is 5.75 Å². The Morgan fingerprint density at radius 1 is 1.42 bits per heavy atom. The third kappa shape index (κ3) is 3.39. The Hall–Kier alpha value is -1.27. The second kappa shape index (κ2) is 4.68. The first-order valence-electron chi connectivity index (χ1n) is 6.12. The van der Waals surface area contributed by atoms with Crippen LogP contribution in [0.5, 0.6) is 5.75 Å². The van der Waals surface area contributed by atoms with Gasteiger partial charge in [-0.15, -0.1) is 0 Å². The normalized spacial score (nSPS) is 19.8. The van der Waals surface area contributed by atoms with Crippen LogP contribution in [0.15, 0.2) is 24.3 Å². The molecule has 0 saturated heterocycles. The van der Waals surface area contributed by atoms with Crippen LogP contribution in [0, 0.1) is 0 Å². The second-order valence-electron chi connectivity index (χ2n) is 5.52. The predicted molar refractivity (Wildman–Crippen MR) is 74.0 cm³/mol. The minimum absolute atomic E-state index is 0.222. The van der Waals surface area contributed by atoms with E-state index in [9.17, 15) is 13.5 Å². The molecule has 0 aromatic heterocycles. The molecule has 1 aliphatic rings. The fourth-order valence-corrected chi connectivity index (χ4v) is 3.19. The van der Waals surface area contributed by atoms with Crippen LogP contribution >= 0.6 is 0 Å². The molecule has 2 rings (SSSR count). The quantitative estimate of drug-likeness (QED) is 0.911. The van der Waals surface area contributed by atoms with Gasteiger partial charge in [0.05, 0.1) is 24.1 Å². The van der Waals surface area contributed by atoms with Gasteiger partial charge in [0, 0.05) is 6.42 Å². The second-order valence-corrected chi connectivity index (χ2v) is 7.43. The van der Waals surface area contributed by atoms with Crippen LogP contribution in [0.2, 0.25) is 0 Å². The maximum absolute atomic E-state index is 11.9. The number of rotatable bonds is 3. The number of aliphatic hydroxyl groups is 1. The number of nitrogens with zero attached hydrogens (tertiary/aromatic N) is 1. The van der Waals surface area contributed by atoms with Gasteiger partial charge < -0.3 is 9.84 Å². The molecule has 5 nitrogen and oxygen atoms in total. The molecule has 0 amide bonds. The van der Waals surface area contributed by atoms with E-state index in [-0.39, 0.29) is 12.6 Å². The molecule has 106 valence electrons. The first-order valence-corrected chi connectivity index (χ1v) is 7.97. The lowest BCUT2D eigenvalue weighted by atomic mass is 10.00. The summed E-state index contributed by atoms with van der Waals surface area (Å²) in [6.45, 7) is 3.59. The summed E-state index contributed by atoms with van der Waals surface area (Å²) in [7, 11) is -3.36. The van der Waals surface area contributed by atoms with Crippen molar-refractivity contribution in [2.24, 2.45) is 0 Å². The van der Waals surface area contributed by atoms with Crippen molar-refractivity contribution in [1.29, 1.82) is 0 Å². The number of para-hydroxylation sites is 2. The summed E-state index contributed by atoms with van der Waals surface area (Å²) >= 11 is 0. The van der Waals surface area contributed by atoms with E-state index < -0.39 is 15.6 Å². The van der Waals surface area contributed by atoms with Crippen molar-refractivity contribution in [1.82, 2.24) is 0 Å². The highest BCUT2D eigenvalue weighted by Gasteiger charge is 2.33. The van der Waals surface area contributed by atoms with Crippen molar-refractivity contribution < 1.29 is 18.3 Å². The molecule has 0 saturated carbocycles. The predicted octanol–water partition coefficient (Wildman–Crippen LogP) is 1.37. The molecule has 1 atom stereocenters. The minimum Gasteiger partial charge on any atom is -0.486 e.